The van der Waals surface area contributed by atoms with E-state index in [1.807, 2.05) is 30.3 Å². The van der Waals surface area contributed by atoms with Crippen LogP contribution in [0.15, 0.2) is 64.2 Å². The molecule has 0 spiro atoms. The summed E-state index contributed by atoms with van der Waals surface area (Å²) in [5.41, 5.74) is 2.64. The number of hydrogen-bond donors (Lipinski definition) is 3. The molecule has 1 aliphatic heterocycles. The van der Waals surface area contributed by atoms with Gasteiger partial charge >= 0.3 is 0 Å². The van der Waals surface area contributed by atoms with Gasteiger partial charge < -0.3 is 30.1 Å². The first-order valence-electron chi connectivity index (χ1n) is 17.9. The second-order valence-electron chi connectivity index (χ2n) is 13.6. The lowest BCUT2D eigenvalue weighted by Crippen LogP contribution is -2.50. The van der Waals surface area contributed by atoms with Crippen LogP contribution in [0, 0.1) is 23.2 Å². The number of hydrogen-bond acceptors (Lipinski definition) is 9. The highest BCUT2D eigenvalue weighted by Crippen LogP contribution is 2.36. The van der Waals surface area contributed by atoms with Gasteiger partial charge in [0, 0.05) is 52.4 Å². The van der Waals surface area contributed by atoms with Crippen LogP contribution in [0.1, 0.15) is 87.0 Å². The Labute approximate surface area is 285 Å². The Morgan fingerprint density at radius 1 is 0.958 bits per heavy atom. The van der Waals surface area contributed by atoms with Gasteiger partial charge in [0.25, 0.3) is 10.9 Å². The average Bonchev–Trinajstić information content (AvgIpc) is 3.13. The standard InChI is InChI=1S/C39H52N4O5/c1-47-21-8-9-22-48-39(31-13-6-3-7-14-31)32-15-10-20-43(27-32)36-35(37(45)38(36)46)42-33(23-28-11-4-2-5-12-28)34(44)26-41-25-30-18-16-29(24-40)17-19-30/h3,6-7,13-14,16-19,28,32-34,39,41-42,44H,2,4-5,8-12,15,20-23,25-27H2,1H3/t32-,33+,34-,39+/m1/s1. The third kappa shape index (κ3) is 9.54. The Bertz CT molecular complexity index is 1510. The van der Waals surface area contributed by atoms with Crippen LogP contribution in [0.25, 0.3) is 0 Å². The first-order chi connectivity index (χ1) is 23.5. The van der Waals surface area contributed by atoms with Crippen molar-refractivity contribution in [2.45, 2.75) is 89.0 Å². The molecule has 0 amide bonds. The van der Waals surface area contributed by atoms with Gasteiger partial charge in [-0.2, -0.15) is 5.26 Å². The van der Waals surface area contributed by atoms with Gasteiger partial charge in [-0.3, -0.25) is 9.59 Å². The quantitative estimate of drug-likeness (QED) is 0.121. The van der Waals surface area contributed by atoms with Crippen molar-refractivity contribution in [1.29, 1.82) is 5.26 Å². The number of nitrogens with zero attached hydrogens (tertiary/aromatic N) is 2. The van der Waals surface area contributed by atoms with Gasteiger partial charge in [-0.15, -0.1) is 0 Å². The Kier molecular flexibility index (Phi) is 13.6. The largest absolute Gasteiger partial charge is 0.390 e. The van der Waals surface area contributed by atoms with E-state index in [0.717, 1.165) is 56.1 Å². The van der Waals surface area contributed by atoms with Crippen molar-refractivity contribution in [3.8, 4) is 6.07 Å². The van der Waals surface area contributed by atoms with E-state index in [1.54, 1.807) is 19.2 Å². The molecule has 0 unspecified atom stereocenters. The van der Waals surface area contributed by atoms with Crippen molar-refractivity contribution in [2.75, 3.05) is 50.2 Å². The number of unbranched alkanes of at least 4 members (excludes halogenated alkanes) is 1. The third-order valence-electron chi connectivity index (χ3n) is 10.1. The summed E-state index contributed by atoms with van der Waals surface area (Å²) in [6.07, 6.45) is 9.42. The normalized spacial score (nSPS) is 19.1. The number of nitriles is 1. The van der Waals surface area contributed by atoms with E-state index in [0.29, 0.717) is 62.2 Å². The Balaban J connectivity index is 1.28. The number of methoxy groups -OCH3 is 1. The van der Waals surface area contributed by atoms with Crippen LogP contribution >= 0.6 is 0 Å². The van der Waals surface area contributed by atoms with Crippen molar-refractivity contribution in [2.24, 2.45) is 11.8 Å². The maximum atomic E-state index is 13.2. The second kappa shape index (κ2) is 18.3. The molecule has 9 heteroatoms. The lowest BCUT2D eigenvalue weighted by atomic mass is 9.83. The summed E-state index contributed by atoms with van der Waals surface area (Å²) >= 11 is 0. The number of aliphatic hydroxyl groups is 1. The topological polar surface area (TPSA) is 124 Å². The van der Waals surface area contributed by atoms with Gasteiger partial charge in [0.2, 0.25) is 0 Å². The van der Waals surface area contributed by atoms with Crippen molar-refractivity contribution < 1.29 is 14.6 Å². The summed E-state index contributed by atoms with van der Waals surface area (Å²) in [4.78, 5) is 28.4. The van der Waals surface area contributed by atoms with Crippen molar-refractivity contribution in [3.63, 3.8) is 0 Å². The summed E-state index contributed by atoms with van der Waals surface area (Å²) in [7, 11) is 1.71. The van der Waals surface area contributed by atoms with E-state index < -0.39 is 17.0 Å². The predicted molar refractivity (Wildman–Crippen MR) is 190 cm³/mol. The minimum Gasteiger partial charge on any atom is -0.390 e. The van der Waals surface area contributed by atoms with Gasteiger partial charge in [-0.1, -0.05) is 74.6 Å². The van der Waals surface area contributed by atoms with Crippen molar-refractivity contribution >= 4 is 11.4 Å². The highest BCUT2D eigenvalue weighted by Gasteiger charge is 2.35. The summed E-state index contributed by atoms with van der Waals surface area (Å²) in [5.74, 6) is 0.627. The van der Waals surface area contributed by atoms with Crippen LogP contribution < -0.4 is 26.4 Å². The number of rotatable bonds is 18. The fraction of sp³-hybridized carbons (Fsp3) is 0.564. The summed E-state index contributed by atoms with van der Waals surface area (Å²) in [6, 6.07) is 19.5. The highest BCUT2D eigenvalue weighted by molar-refractivity contribution is 5.75. The molecule has 0 radical (unpaired) electrons. The molecule has 1 aliphatic carbocycles. The van der Waals surface area contributed by atoms with Gasteiger partial charge in [-0.25, -0.2) is 0 Å². The van der Waals surface area contributed by atoms with E-state index >= 15 is 0 Å². The molecule has 3 aromatic rings. The minimum absolute atomic E-state index is 0.109. The van der Waals surface area contributed by atoms with Crippen molar-refractivity contribution in [1.82, 2.24) is 5.32 Å². The summed E-state index contributed by atoms with van der Waals surface area (Å²) in [6.45, 7) is 3.55. The third-order valence-corrected chi connectivity index (χ3v) is 10.1. The summed E-state index contributed by atoms with van der Waals surface area (Å²) in [5, 5.41) is 27.3. The van der Waals surface area contributed by atoms with E-state index in [2.05, 4.69) is 33.7 Å². The molecular formula is C39H52N4O5. The zero-order valence-corrected chi connectivity index (χ0v) is 28.4. The SMILES string of the molecule is COCCCCO[C@@H](c1ccccc1)[C@@H]1CCCN(c2c(N[C@@H](CC3CCCCC3)[C@H](O)CNCc3ccc(C#N)cc3)c(=O)c2=O)C1. The van der Waals surface area contributed by atoms with Crippen LogP contribution in [0.2, 0.25) is 0 Å². The molecule has 2 aliphatic rings. The number of ether oxygens (including phenoxy) is 2. The van der Waals surface area contributed by atoms with Gasteiger partial charge in [-0.05, 0) is 61.3 Å². The lowest BCUT2D eigenvalue weighted by molar-refractivity contribution is 0.00229. The zero-order valence-electron chi connectivity index (χ0n) is 28.4. The molecule has 3 aromatic carbocycles. The van der Waals surface area contributed by atoms with E-state index in [9.17, 15) is 14.7 Å². The molecule has 5 rings (SSSR count). The lowest BCUT2D eigenvalue weighted by Gasteiger charge is -2.40. The Morgan fingerprint density at radius 3 is 2.44 bits per heavy atom. The van der Waals surface area contributed by atoms with Crippen LogP contribution in [-0.4, -0.2) is 57.2 Å². The predicted octanol–water partition coefficient (Wildman–Crippen LogP) is 5.46. The molecular weight excluding hydrogens is 604 g/mol. The van der Waals surface area contributed by atoms with Crippen LogP contribution in [0.4, 0.5) is 11.4 Å². The number of piperidine rings is 1. The highest BCUT2D eigenvalue weighted by atomic mass is 16.5. The van der Waals surface area contributed by atoms with Crippen molar-refractivity contribution in [3.05, 3.63) is 91.7 Å². The Morgan fingerprint density at radius 2 is 1.71 bits per heavy atom. The molecule has 4 atom stereocenters. The first-order valence-corrected chi connectivity index (χ1v) is 17.9. The molecule has 0 bridgehead atoms. The fourth-order valence-electron chi connectivity index (χ4n) is 7.46. The van der Waals surface area contributed by atoms with Crippen LogP contribution in [0.3, 0.4) is 0 Å². The van der Waals surface area contributed by atoms with Gasteiger partial charge in [0.15, 0.2) is 0 Å². The number of aliphatic hydroxyl groups excluding tert-OH is 1. The maximum absolute atomic E-state index is 13.2. The molecule has 3 N–H and O–H groups in total. The maximum Gasteiger partial charge on any atom is 0.253 e. The van der Waals surface area contributed by atoms with Crippen LogP contribution in [0.5, 0.6) is 0 Å². The second-order valence-corrected chi connectivity index (χ2v) is 13.6. The Hall–Kier alpha value is -3.55. The fourth-order valence-corrected chi connectivity index (χ4v) is 7.46. The minimum atomic E-state index is -0.759. The van der Waals surface area contributed by atoms with Gasteiger partial charge in [0.05, 0.1) is 29.9 Å². The van der Waals surface area contributed by atoms with E-state index in [-0.39, 0.29) is 18.1 Å². The monoisotopic (exact) mass is 656 g/mol. The van der Waals surface area contributed by atoms with Crippen LogP contribution in [-0.2, 0) is 16.0 Å². The zero-order chi connectivity index (χ0) is 33.7. The molecule has 9 nitrogen and oxygen atoms in total. The molecule has 258 valence electrons. The number of nitrogens with one attached hydrogen (secondary N) is 2. The molecule has 1 saturated heterocycles. The molecule has 0 aromatic heterocycles. The summed E-state index contributed by atoms with van der Waals surface area (Å²) < 4.78 is 11.7. The van der Waals surface area contributed by atoms with Gasteiger partial charge in [0.1, 0.15) is 11.4 Å². The first kappa shape index (κ1) is 35.7. The van der Waals surface area contributed by atoms with E-state index in [1.165, 1.54) is 19.3 Å². The number of benzene rings is 2. The molecule has 1 heterocycles. The molecule has 48 heavy (non-hydrogen) atoms. The molecule has 2 fully saturated rings. The number of anilines is 2. The molecule has 1 saturated carbocycles. The smallest absolute Gasteiger partial charge is 0.253 e. The average molecular weight is 657 g/mol. The van der Waals surface area contributed by atoms with E-state index in [4.69, 9.17) is 14.7 Å².